The largest absolute Gasteiger partial charge is 0.493 e. The number of hydrogen-bond acceptors (Lipinski definition) is 8. The van der Waals surface area contributed by atoms with Crippen LogP contribution in [0.3, 0.4) is 0 Å². The topological polar surface area (TPSA) is 116 Å². The van der Waals surface area contributed by atoms with E-state index in [0.29, 0.717) is 22.3 Å². The molecule has 0 radical (unpaired) electrons. The zero-order valence-corrected chi connectivity index (χ0v) is 21.8. The predicted octanol–water partition coefficient (Wildman–Crippen LogP) is 4.53. The zero-order valence-electron chi connectivity index (χ0n) is 20.2. The van der Waals surface area contributed by atoms with Crippen LogP contribution in [0.1, 0.15) is 35.7 Å². The Labute approximate surface area is 212 Å². The molecule has 0 heterocycles. The van der Waals surface area contributed by atoms with Gasteiger partial charge in [-0.15, -0.1) is 0 Å². The summed E-state index contributed by atoms with van der Waals surface area (Å²) in [5, 5.41) is 12.1. The normalized spacial score (nSPS) is 10.7. The van der Waals surface area contributed by atoms with E-state index >= 15 is 0 Å². The molecule has 35 heavy (non-hydrogen) atoms. The summed E-state index contributed by atoms with van der Waals surface area (Å²) in [6.45, 7) is 2.50. The van der Waals surface area contributed by atoms with Crippen molar-refractivity contribution in [2.75, 3.05) is 35.0 Å². The highest BCUT2D eigenvalue weighted by molar-refractivity contribution is 9.10. The van der Waals surface area contributed by atoms with E-state index < -0.39 is 11.9 Å². The fourth-order valence-corrected chi connectivity index (χ4v) is 3.69. The molecule has 0 saturated carbocycles. The second-order valence-electron chi connectivity index (χ2n) is 7.09. The molecular formula is C25H27BrN2O7. The summed E-state index contributed by atoms with van der Waals surface area (Å²) < 4.78 is 27.2. The summed E-state index contributed by atoms with van der Waals surface area (Å²) >= 11 is 3.36. The molecule has 0 aliphatic heterocycles. The van der Waals surface area contributed by atoms with E-state index in [1.54, 1.807) is 12.1 Å². The molecule has 0 atom stereocenters. The summed E-state index contributed by atoms with van der Waals surface area (Å²) in [7, 11) is 5.75. The number of ether oxygens (including phenoxy) is 5. The molecule has 0 aromatic heterocycles. The van der Waals surface area contributed by atoms with Crippen molar-refractivity contribution in [1.82, 2.24) is 5.32 Å². The number of methoxy groups -OCH3 is 4. The minimum absolute atomic E-state index is 0.0470. The van der Waals surface area contributed by atoms with Crippen molar-refractivity contribution >= 4 is 33.9 Å². The minimum Gasteiger partial charge on any atom is -0.493 e. The summed E-state index contributed by atoms with van der Waals surface area (Å²) in [4.78, 5) is 25.2. The third-order valence-electron chi connectivity index (χ3n) is 4.87. The van der Waals surface area contributed by atoms with Gasteiger partial charge in [-0.05, 0) is 52.2 Å². The molecule has 2 aromatic rings. The number of benzene rings is 2. The molecule has 0 aliphatic rings. The van der Waals surface area contributed by atoms with Gasteiger partial charge in [0.25, 0.3) is 5.91 Å². The Hall–Kier alpha value is -3.71. The van der Waals surface area contributed by atoms with Crippen LogP contribution < -0.4 is 29.0 Å². The number of halogens is 1. The average molecular weight is 547 g/mol. The molecule has 10 heteroatoms. The number of nitriles is 1. The van der Waals surface area contributed by atoms with Crippen molar-refractivity contribution in [2.45, 2.75) is 19.8 Å². The van der Waals surface area contributed by atoms with E-state index in [1.807, 2.05) is 13.0 Å². The molecule has 2 aromatic carbocycles. The van der Waals surface area contributed by atoms with Crippen LogP contribution in [0.25, 0.3) is 6.08 Å². The third kappa shape index (κ3) is 6.67. The van der Waals surface area contributed by atoms with Crippen LogP contribution >= 0.6 is 15.9 Å². The maximum Gasteiger partial charge on any atom is 0.345 e. The van der Waals surface area contributed by atoms with Crippen LogP contribution in [0.2, 0.25) is 0 Å². The number of rotatable bonds is 11. The summed E-state index contributed by atoms with van der Waals surface area (Å²) in [5.74, 6) is 0.0915. The fraction of sp³-hybridized carbons (Fsp3) is 0.320. The van der Waals surface area contributed by atoms with E-state index in [0.717, 1.165) is 12.8 Å². The van der Waals surface area contributed by atoms with E-state index in [4.69, 9.17) is 23.7 Å². The Kier molecular flexibility index (Phi) is 10.4. The van der Waals surface area contributed by atoms with Crippen LogP contribution in [0.15, 0.2) is 34.3 Å². The van der Waals surface area contributed by atoms with Crippen LogP contribution in [0.5, 0.6) is 28.7 Å². The molecule has 1 amide bonds. The molecule has 0 bridgehead atoms. The first kappa shape index (κ1) is 27.5. The number of amides is 1. The number of hydrogen-bond donors (Lipinski definition) is 1. The summed E-state index contributed by atoms with van der Waals surface area (Å²) in [5.41, 5.74) is 0.619. The van der Waals surface area contributed by atoms with Crippen molar-refractivity contribution in [3.8, 4) is 34.8 Å². The number of carbonyl (C=O) groups is 2. The molecule has 0 unspecified atom stereocenters. The lowest BCUT2D eigenvalue weighted by molar-refractivity contribution is -0.117. The van der Waals surface area contributed by atoms with E-state index in [9.17, 15) is 14.9 Å². The average Bonchev–Trinajstić information content (AvgIpc) is 2.87. The number of nitrogens with zero attached hydrogens (tertiary/aromatic N) is 1. The highest BCUT2D eigenvalue weighted by Crippen LogP contribution is 2.45. The maximum atomic E-state index is 13.0. The van der Waals surface area contributed by atoms with Gasteiger partial charge in [-0.25, -0.2) is 4.79 Å². The Balaban J connectivity index is 2.35. The lowest BCUT2D eigenvalue weighted by Crippen LogP contribution is -2.25. The van der Waals surface area contributed by atoms with E-state index in [1.165, 1.54) is 46.6 Å². The smallest absolute Gasteiger partial charge is 0.345 e. The minimum atomic E-state index is -0.703. The maximum absolute atomic E-state index is 13.0. The highest BCUT2D eigenvalue weighted by Gasteiger charge is 2.25. The molecule has 9 nitrogen and oxygen atoms in total. The molecule has 2 rings (SSSR count). The third-order valence-corrected chi connectivity index (χ3v) is 5.66. The van der Waals surface area contributed by atoms with Gasteiger partial charge in [0.05, 0.1) is 38.5 Å². The number of unbranched alkanes of at least 4 members (excludes halogenated alkanes) is 1. The van der Waals surface area contributed by atoms with Crippen molar-refractivity contribution < 1.29 is 33.3 Å². The van der Waals surface area contributed by atoms with Crippen molar-refractivity contribution in [3.05, 3.63) is 45.4 Å². The quantitative estimate of drug-likeness (QED) is 0.144. The van der Waals surface area contributed by atoms with Crippen LogP contribution in [-0.4, -0.2) is 46.9 Å². The van der Waals surface area contributed by atoms with E-state index in [-0.39, 0.29) is 34.1 Å². The second-order valence-corrected chi connectivity index (χ2v) is 7.88. The van der Waals surface area contributed by atoms with Gasteiger partial charge in [0.15, 0.2) is 23.0 Å². The molecule has 1 N–H and O–H groups in total. The monoisotopic (exact) mass is 546 g/mol. The van der Waals surface area contributed by atoms with Gasteiger partial charge in [-0.3, -0.25) is 4.79 Å². The van der Waals surface area contributed by atoms with Gasteiger partial charge in [0.2, 0.25) is 5.75 Å². The van der Waals surface area contributed by atoms with Crippen LogP contribution in [0, 0.1) is 11.3 Å². The molecule has 0 aliphatic carbocycles. The molecule has 0 spiro atoms. The summed E-state index contributed by atoms with van der Waals surface area (Å²) in [6.07, 6.45) is 3.18. The van der Waals surface area contributed by atoms with E-state index in [2.05, 4.69) is 21.2 Å². The van der Waals surface area contributed by atoms with Crippen LogP contribution in [-0.2, 0) is 4.79 Å². The van der Waals surface area contributed by atoms with Crippen LogP contribution in [0.4, 0.5) is 0 Å². The Morgan fingerprint density at radius 3 is 2.26 bits per heavy atom. The Morgan fingerprint density at radius 1 is 1.00 bits per heavy atom. The van der Waals surface area contributed by atoms with Crippen molar-refractivity contribution in [2.24, 2.45) is 0 Å². The van der Waals surface area contributed by atoms with Gasteiger partial charge in [-0.1, -0.05) is 19.4 Å². The van der Waals surface area contributed by atoms with Gasteiger partial charge in [0, 0.05) is 6.54 Å². The van der Waals surface area contributed by atoms with Gasteiger partial charge < -0.3 is 29.0 Å². The SMILES string of the molecule is CCCCNC(=O)/C(C#N)=C/c1ccc(OC(=O)c2cc(OC)c(OC)c(OC)c2Br)c(OC)c1. The lowest BCUT2D eigenvalue weighted by Gasteiger charge is -2.16. The van der Waals surface area contributed by atoms with Gasteiger partial charge in [-0.2, -0.15) is 5.26 Å². The first-order chi connectivity index (χ1) is 16.8. The summed E-state index contributed by atoms with van der Waals surface area (Å²) in [6, 6.07) is 8.04. The first-order valence-electron chi connectivity index (χ1n) is 10.6. The van der Waals surface area contributed by atoms with Gasteiger partial charge >= 0.3 is 5.97 Å². The second kappa shape index (κ2) is 13.2. The standard InChI is InChI=1S/C25H27BrN2O7/c1-6-7-10-28-24(29)16(14-27)11-15-8-9-18(19(12-15)31-2)35-25(30)17-13-20(32-3)22(33-4)23(34-5)21(17)26/h8-9,11-13H,6-7,10H2,1-5H3,(H,28,29)/b16-11+. The number of esters is 1. The molecular weight excluding hydrogens is 520 g/mol. The zero-order chi connectivity index (χ0) is 26.0. The first-order valence-corrected chi connectivity index (χ1v) is 11.4. The van der Waals surface area contributed by atoms with Crippen molar-refractivity contribution in [3.63, 3.8) is 0 Å². The molecule has 0 saturated heterocycles. The Bertz CT molecular complexity index is 1160. The number of carbonyl (C=O) groups excluding carboxylic acids is 2. The predicted molar refractivity (Wildman–Crippen MR) is 133 cm³/mol. The Morgan fingerprint density at radius 2 is 1.69 bits per heavy atom. The van der Waals surface area contributed by atoms with Gasteiger partial charge in [0.1, 0.15) is 11.6 Å². The molecule has 186 valence electrons. The molecule has 0 fully saturated rings. The van der Waals surface area contributed by atoms with Crippen molar-refractivity contribution in [1.29, 1.82) is 5.26 Å². The highest BCUT2D eigenvalue weighted by atomic mass is 79.9. The number of nitrogens with one attached hydrogen (secondary N) is 1. The lowest BCUT2D eigenvalue weighted by atomic mass is 10.1. The fourth-order valence-electron chi connectivity index (χ4n) is 3.07.